The predicted molar refractivity (Wildman–Crippen MR) is 101 cm³/mol. The molecule has 3 rings (SSSR count). The van der Waals surface area contributed by atoms with E-state index in [-0.39, 0.29) is 22.3 Å². The molecule has 2 aromatic rings. The van der Waals surface area contributed by atoms with Crippen LogP contribution in [0.15, 0.2) is 29.3 Å². The van der Waals surface area contributed by atoms with Crippen molar-refractivity contribution in [1.29, 1.82) is 0 Å². The number of amides is 1. The van der Waals surface area contributed by atoms with Crippen LogP contribution in [0.25, 0.3) is 6.08 Å². The van der Waals surface area contributed by atoms with E-state index in [1.54, 1.807) is 37.5 Å². The zero-order valence-electron chi connectivity index (χ0n) is 15.5. The van der Waals surface area contributed by atoms with E-state index in [1.807, 2.05) is 0 Å². The van der Waals surface area contributed by atoms with Crippen LogP contribution < -0.4 is 10.0 Å². The first-order chi connectivity index (χ1) is 13.1. The molecule has 0 spiro atoms. The molecule has 3 heterocycles. The molecule has 0 bridgehead atoms. The first-order valence-electron chi connectivity index (χ1n) is 8.59. The van der Waals surface area contributed by atoms with Crippen LogP contribution in [-0.2, 0) is 16.6 Å². The van der Waals surface area contributed by atoms with Gasteiger partial charge in [0.05, 0.1) is 5.69 Å². The van der Waals surface area contributed by atoms with Gasteiger partial charge in [-0.2, -0.15) is 0 Å². The summed E-state index contributed by atoms with van der Waals surface area (Å²) in [6.07, 6.45) is 1.82. The van der Waals surface area contributed by atoms with E-state index in [0.717, 1.165) is 6.07 Å². The average Bonchev–Trinajstić information content (AvgIpc) is 3.12. The van der Waals surface area contributed by atoms with Crippen LogP contribution in [0.1, 0.15) is 47.7 Å². The van der Waals surface area contributed by atoms with Crippen molar-refractivity contribution in [3.05, 3.63) is 47.1 Å². The number of rotatable bonds is 6. The molecule has 7 nitrogen and oxygen atoms in total. The molecule has 10 heteroatoms. The SMILES string of the molecule is Cc1c(S(=O)(=O)NC(C)C)c2n(c1C(=O)Nc1ccnc(C(F)F)c1)CC=C2. The minimum atomic E-state index is -3.83. The Bertz CT molecular complexity index is 1060. The van der Waals surface area contributed by atoms with Gasteiger partial charge in [0.1, 0.15) is 16.3 Å². The van der Waals surface area contributed by atoms with Gasteiger partial charge in [-0.15, -0.1) is 0 Å². The number of sulfonamides is 1. The van der Waals surface area contributed by atoms with E-state index in [4.69, 9.17) is 0 Å². The molecule has 1 aliphatic rings. The van der Waals surface area contributed by atoms with Gasteiger partial charge >= 0.3 is 0 Å². The number of hydrogen-bond donors (Lipinski definition) is 2. The maximum Gasteiger partial charge on any atom is 0.280 e. The maximum absolute atomic E-state index is 12.9. The van der Waals surface area contributed by atoms with Crippen LogP contribution in [-0.4, -0.2) is 29.9 Å². The summed E-state index contributed by atoms with van der Waals surface area (Å²) in [5.41, 5.74) is 0.577. The molecular formula is C18H20F2N4O3S. The van der Waals surface area contributed by atoms with Crippen molar-refractivity contribution in [3.63, 3.8) is 0 Å². The molecule has 1 aliphatic heterocycles. The third-order valence-corrected chi connectivity index (χ3v) is 6.02. The highest BCUT2D eigenvalue weighted by molar-refractivity contribution is 7.89. The fraction of sp³-hybridized carbons (Fsp3) is 0.333. The number of halogens is 2. The summed E-state index contributed by atoms with van der Waals surface area (Å²) in [4.78, 5) is 16.5. The van der Waals surface area contributed by atoms with E-state index < -0.39 is 28.0 Å². The summed E-state index contributed by atoms with van der Waals surface area (Å²) in [6.45, 7) is 5.31. The zero-order chi connectivity index (χ0) is 20.6. The number of nitrogens with one attached hydrogen (secondary N) is 2. The van der Waals surface area contributed by atoms with Crippen molar-refractivity contribution in [2.24, 2.45) is 0 Å². The standard InChI is InChI=1S/C18H20F2N4O3S/c1-10(2)23-28(26,27)16-11(3)15(24-8-4-5-14(16)24)18(25)22-12-6-7-21-13(9-12)17(19)20/h4-7,9-10,17,23H,8H2,1-3H3,(H,21,22,25). The number of alkyl halides is 2. The fourth-order valence-corrected chi connectivity index (χ4v) is 4.90. The summed E-state index contributed by atoms with van der Waals surface area (Å²) >= 11 is 0. The van der Waals surface area contributed by atoms with Crippen LogP contribution in [0.5, 0.6) is 0 Å². The van der Waals surface area contributed by atoms with Gasteiger partial charge in [0.25, 0.3) is 12.3 Å². The first kappa shape index (κ1) is 20.2. The Hall–Kier alpha value is -2.59. The molecule has 0 fully saturated rings. The number of carbonyl (C=O) groups is 1. The Labute approximate surface area is 161 Å². The topological polar surface area (TPSA) is 93.1 Å². The quantitative estimate of drug-likeness (QED) is 0.765. The fourth-order valence-electron chi connectivity index (χ4n) is 3.21. The molecule has 2 N–H and O–H groups in total. The molecule has 1 amide bonds. The Morgan fingerprint density at radius 1 is 1.32 bits per heavy atom. The van der Waals surface area contributed by atoms with Crippen molar-refractivity contribution in [2.75, 3.05) is 5.32 Å². The lowest BCUT2D eigenvalue weighted by Gasteiger charge is -2.10. The Balaban J connectivity index is 2.01. The summed E-state index contributed by atoms with van der Waals surface area (Å²) < 4.78 is 55.3. The highest BCUT2D eigenvalue weighted by Crippen LogP contribution is 2.32. The lowest BCUT2D eigenvalue weighted by Crippen LogP contribution is -2.31. The van der Waals surface area contributed by atoms with Gasteiger partial charge in [0.2, 0.25) is 10.0 Å². The van der Waals surface area contributed by atoms with Crippen LogP contribution in [0, 0.1) is 6.92 Å². The smallest absolute Gasteiger partial charge is 0.280 e. The van der Waals surface area contributed by atoms with E-state index in [9.17, 15) is 22.0 Å². The van der Waals surface area contributed by atoms with Gasteiger partial charge in [-0.3, -0.25) is 9.78 Å². The molecule has 0 saturated heterocycles. The van der Waals surface area contributed by atoms with Crippen LogP contribution >= 0.6 is 0 Å². The molecule has 0 saturated carbocycles. The van der Waals surface area contributed by atoms with Crippen LogP contribution in [0.2, 0.25) is 0 Å². The van der Waals surface area contributed by atoms with Gasteiger partial charge < -0.3 is 9.88 Å². The minimum Gasteiger partial charge on any atom is -0.332 e. The van der Waals surface area contributed by atoms with Gasteiger partial charge in [-0.1, -0.05) is 6.08 Å². The second kappa shape index (κ2) is 7.44. The third kappa shape index (κ3) is 3.69. The second-order valence-electron chi connectivity index (χ2n) is 6.70. The number of fused-ring (bicyclic) bond motifs is 1. The average molecular weight is 410 g/mol. The van der Waals surface area contributed by atoms with Crippen molar-refractivity contribution in [3.8, 4) is 0 Å². The molecule has 2 aromatic heterocycles. The Kier molecular flexibility index (Phi) is 5.35. The normalized spacial score (nSPS) is 13.4. The molecule has 150 valence electrons. The molecule has 0 aliphatic carbocycles. The van der Waals surface area contributed by atoms with Crippen LogP contribution in [0.3, 0.4) is 0 Å². The lowest BCUT2D eigenvalue weighted by molar-refractivity contribution is 0.101. The molecule has 28 heavy (non-hydrogen) atoms. The van der Waals surface area contributed by atoms with Crippen molar-refractivity contribution < 1.29 is 22.0 Å². The van der Waals surface area contributed by atoms with Gasteiger partial charge in [-0.05, 0) is 39.0 Å². The lowest BCUT2D eigenvalue weighted by atomic mass is 10.2. The number of nitrogens with zero attached hydrogens (tertiary/aromatic N) is 2. The minimum absolute atomic E-state index is 0.0445. The summed E-state index contributed by atoms with van der Waals surface area (Å²) in [5.74, 6) is -0.583. The second-order valence-corrected chi connectivity index (χ2v) is 8.35. The summed E-state index contributed by atoms with van der Waals surface area (Å²) in [7, 11) is -3.83. The third-order valence-electron chi connectivity index (χ3n) is 4.19. The highest BCUT2D eigenvalue weighted by atomic mass is 32.2. The molecule has 0 unspecified atom stereocenters. The van der Waals surface area contributed by atoms with Crippen molar-refractivity contribution in [1.82, 2.24) is 14.3 Å². The number of carbonyl (C=O) groups excluding carboxylic acids is 1. The monoisotopic (exact) mass is 410 g/mol. The van der Waals surface area contributed by atoms with Gasteiger partial charge in [-0.25, -0.2) is 21.9 Å². The summed E-state index contributed by atoms with van der Waals surface area (Å²) in [6, 6.07) is 2.16. The molecule has 0 radical (unpaired) electrons. The first-order valence-corrected chi connectivity index (χ1v) is 10.1. The molecule has 0 atom stereocenters. The Morgan fingerprint density at radius 2 is 2.04 bits per heavy atom. The van der Waals surface area contributed by atoms with Crippen LogP contribution in [0.4, 0.5) is 14.5 Å². The maximum atomic E-state index is 12.9. The predicted octanol–water partition coefficient (Wildman–Crippen LogP) is 3.09. The molecular weight excluding hydrogens is 390 g/mol. The number of hydrogen-bond acceptors (Lipinski definition) is 4. The zero-order valence-corrected chi connectivity index (χ0v) is 16.3. The van der Waals surface area contributed by atoms with E-state index in [0.29, 0.717) is 17.8 Å². The number of anilines is 1. The number of allylic oxidation sites excluding steroid dienone is 1. The van der Waals surface area contributed by atoms with Crippen molar-refractivity contribution >= 4 is 27.7 Å². The summed E-state index contributed by atoms with van der Waals surface area (Å²) in [5, 5.41) is 2.55. The van der Waals surface area contributed by atoms with Crippen molar-refractivity contribution in [2.45, 2.75) is 44.7 Å². The van der Waals surface area contributed by atoms with E-state index in [1.165, 1.54) is 12.3 Å². The number of aromatic nitrogens is 2. The Morgan fingerprint density at radius 3 is 2.68 bits per heavy atom. The van der Waals surface area contributed by atoms with E-state index in [2.05, 4.69) is 15.0 Å². The van der Waals surface area contributed by atoms with E-state index >= 15 is 0 Å². The number of pyridine rings is 1. The van der Waals surface area contributed by atoms with Gasteiger partial charge in [0, 0.05) is 30.0 Å². The molecule has 0 aromatic carbocycles. The largest absolute Gasteiger partial charge is 0.332 e. The highest BCUT2D eigenvalue weighted by Gasteiger charge is 2.32. The van der Waals surface area contributed by atoms with Gasteiger partial charge in [0.15, 0.2) is 0 Å².